The number of hydrogen-bond acceptors (Lipinski definition) is 2. The first kappa shape index (κ1) is 13.0. The largest absolute Gasteiger partial charge is 0.389 e. The average Bonchev–Trinajstić information content (AvgIpc) is 2.27. The number of halogens is 2. The van der Waals surface area contributed by atoms with Gasteiger partial charge < -0.3 is 9.84 Å². The summed E-state index contributed by atoms with van der Waals surface area (Å²) in [5.74, 6) is -0.180. The summed E-state index contributed by atoms with van der Waals surface area (Å²) in [6.45, 7) is 3.14. The van der Waals surface area contributed by atoms with Crippen LogP contribution in [0.2, 0.25) is 0 Å². The van der Waals surface area contributed by atoms with Crippen molar-refractivity contribution in [3.05, 3.63) is 34.1 Å². The standard InChI is InChI=1S/C13H16BrFO2/c1-9-8-17-5-4-13(9,16)7-10-2-3-11(15)6-12(10)14/h2-3,6,9,16H,4-5,7-8H2,1H3. The molecule has 0 amide bonds. The van der Waals surface area contributed by atoms with Gasteiger partial charge in [-0.25, -0.2) is 4.39 Å². The maximum atomic E-state index is 13.0. The van der Waals surface area contributed by atoms with Gasteiger partial charge in [0.15, 0.2) is 0 Å². The molecular formula is C13H16BrFO2. The lowest BCUT2D eigenvalue weighted by Crippen LogP contribution is -2.45. The third-order valence-electron chi connectivity index (χ3n) is 3.48. The van der Waals surface area contributed by atoms with Gasteiger partial charge in [0.2, 0.25) is 0 Å². The number of benzene rings is 1. The zero-order valence-electron chi connectivity index (χ0n) is 9.75. The molecule has 1 saturated heterocycles. The van der Waals surface area contributed by atoms with Crippen molar-refractivity contribution in [3.8, 4) is 0 Å². The summed E-state index contributed by atoms with van der Waals surface area (Å²) in [5.41, 5.74) is 0.182. The second kappa shape index (κ2) is 5.04. The molecule has 94 valence electrons. The molecule has 1 heterocycles. The highest BCUT2D eigenvalue weighted by Crippen LogP contribution is 2.32. The van der Waals surface area contributed by atoms with E-state index in [2.05, 4.69) is 15.9 Å². The number of rotatable bonds is 2. The second-order valence-electron chi connectivity index (χ2n) is 4.74. The first-order chi connectivity index (χ1) is 8.01. The van der Waals surface area contributed by atoms with Crippen molar-refractivity contribution in [2.24, 2.45) is 5.92 Å². The van der Waals surface area contributed by atoms with E-state index >= 15 is 0 Å². The maximum absolute atomic E-state index is 13.0. The van der Waals surface area contributed by atoms with E-state index in [9.17, 15) is 9.50 Å². The van der Waals surface area contributed by atoms with E-state index in [-0.39, 0.29) is 11.7 Å². The van der Waals surface area contributed by atoms with Gasteiger partial charge >= 0.3 is 0 Å². The van der Waals surface area contributed by atoms with Gasteiger partial charge in [-0.2, -0.15) is 0 Å². The minimum Gasteiger partial charge on any atom is -0.389 e. The predicted molar refractivity (Wildman–Crippen MR) is 67.4 cm³/mol. The SMILES string of the molecule is CC1COCCC1(O)Cc1ccc(F)cc1Br. The van der Waals surface area contributed by atoms with Crippen LogP contribution in [0, 0.1) is 11.7 Å². The Morgan fingerprint density at radius 1 is 1.59 bits per heavy atom. The Balaban J connectivity index is 2.19. The fourth-order valence-electron chi connectivity index (χ4n) is 2.17. The minimum atomic E-state index is -0.751. The van der Waals surface area contributed by atoms with E-state index < -0.39 is 5.60 Å². The Bertz CT molecular complexity index is 410. The lowest BCUT2D eigenvalue weighted by Gasteiger charge is -2.38. The van der Waals surface area contributed by atoms with Crippen molar-refractivity contribution >= 4 is 15.9 Å². The molecule has 1 aromatic carbocycles. The number of hydrogen-bond donors (Lipinski definition) is 1. The van der Waals surface area contributed by atoms with Crippen LogP contribution >= 0.6 is 15.9 Å². The molecular weight excluding hydrogens is 287 g/mol. The quantitative estimate of drug-likeness (QED) is 0.910. The molecule has 1 aliphatic rings. The van der Waals surface area contributed by atoms with Crippen LogP contribution in [0.25, 0.3) is 0 Å². The topological polar surface area (TPSA) is 29.5 Å². The monoisotopic (exact) mass is 302 g/mol. The van der Waals surface area contributed by atoms with Gasteiger partial charge in [0.05, 0.1) is 12.2 Å². The molecule has 1 aliphatic heterocycles. The summed E-state index contributed by atoms with van der Waals surface area (Å²) < 4.78 is 19.0. The van der Waals surface area contributed by atoms with Crippen LogP contribution in [0.1, 0.15) is 18.9 Å². The molecule has 0 saturated carbocycles. The van der Waals surface area contributed by atoms with Gasteiger partial charge in [-0.3, -0.25) is 0 Å². The van der Waals surface area contributed by atoms with Crippen LogP contribution in [0.5, 0.6) is 0 Å². The summed E-state index contributed by atoms with van der Waals surface area (Å²) >= 11 is 3.34. The Labute approximate surface area is 109 Å². The van der Waals surface area contributed by atoms with E-state index in [1.54, 1.807) is 6.07 Å². The highest BCUT2D eigenvalue weighted by atomic mass is 79.9. The summed E-state index contributed by atoms with van der Waals surface area (Å²) in [6.07, 6.45) is 1.15. The van der Waals surface area contributed by atoms with Gasteiger partial charge in [-0.05, 0) is 17.7 Å². The van der Waals surface area contributed by atoms with Crippen molar-refractivity contribution in [1.29, 1.82) is 0 Å². The Morgan fingerprint density at radius 3 is 3.00 bits per heavy atom. The molecule has 0 bridgehead atoms. The summed E-state index contributed by atoms with van der Waals surface area (Å²) in [7, 11) is 0. The fraction of sp³-hybridized carbons (Fsp3) is 0.538. The van der Waals surface area contributed by atoms with Gasteiger partial charge in [0, 0.05) is 29.8 Å². The van der Waals surface area contributed by atoms with Gasteiger partial charge in [-0.1, -0.05) is 28.9 Å². The van der Waals surface area contributed by atoms with Crippen LogP contribution in [-0.2, 0) is 11.2 Å². The number of ether oxygens (including phenoxy) is 1. The lowest BCUT2D eigenvalue weighted by molar-refractivity contribution is -0.105. The molecule has 0 aromatic heterocycles. The third-order valence-corrected chi connectivity index (χ3v) is 4.21. The summed E-state index contributed by atoms with van der Waals surface area (Å²) in [5, 5.41) is 10.6. The molecule has 1 aromatic rings. The summed E-state index contributed by atoms with van der Waals surface area (Å²) in [6, 6.07) is 4.58. The van der Waals surface area contributed by atoms with Crippen molar-refractivity contribution in [2.45, 2.75) is 25.4 Å². The molecule has 1 N–H and O–H groups in total. The molecule has 17 heavy (non-hydrogen) atoms. The van der Waals surface area contributed by atoms with Crippen LogP contribution in [-0.4, -0.2) is 23.9 Å². The van der Waals surface area contributed by atoms with Gasteiger partial charge in [0.25, 0.3) is 0 Å². The normalized spacial score (nSPS) is 29.3. The van der Waals surface area contributed by atoms with Crippen LogP contribution < -0.4 is 0 Å². The third kappa shape index (κ3) is 2.87. The van der Waals surface area contributed by atoms with Crippen LogP contribution in [0.15, 0.2) is 22.7 Å². The zero-order chi connectivity index (χ0) is 12.5. The average molecular weight is 303 g/mol. The van der Waals surface area contributed by atoms with E-state index in [1.165, 1.54) is 12.1 Å². The van der Waals surface area contributed by atoms with E-state index in [0.717, 1.165) is 5.56 Å². The smallest absolute Gasteiger partial charge is 0.124 e. The highest BCUT2D eigenvalue weighted by Gasteiger charge is 2.37. The Kier molecular flexibility index (Phi) is 3.85. The molecule has 2 rings (SSSR count). The second-order valence-corrected chi connectivity index (χ2v) is 5.60. The molecule has 1 fully saturated rings. The predicted octanol–water partition coefficient (Wildman–Crippen LogP) is 2.92. The molecule has 0 spiro atoms. The molecule has 2 atom stereocenters. The minimum absolute atomic E-state index is 0.0909. The first-order valence-electron chi connectivity index (χ1n) is 5.75. The maximum Gasteiger partial charge on any atom is 0.124 e. The van der Waals surface area contributed by atoms with Crippen molar-refractivity contribution in [1.82, 2.24) is 0 Å². The molecule has 0 radical (unpaired) electrons. The zero-order valence-corrected chi connectivity index (χ0v) is 11.3. The fourth-order valence-corrected chi connectivity index (χ4v) is 2.66. The lowest BCUT2D eigenvalue weighted by atomic mass is 9.80. The molecule has 4 heteroatoms. The highest BCUT2D eigenvalue weighted by molar-refractivity contribution is 9.10. The molecule has 2 unspecified atom stereocenters. The molecule has 0 aliphatic carbocycles. The van der Waals surface area contributed by atoms with E-state index in [4.69, 9.17) is 4.74 Å². The van der Waals surface area contributed by atoms with Crippen molar-refractivity contribution in [2.75, 3.05) is 13.2 Å². The van der Waals surface area contributed by atoms with E-state index in [0.29, 0.717) is 30.5 Å². The molecule has 2 nitrogen and oxygen atoms in total. The van der Waals surface area contributed by atoms with Gasteiger partial charge in [0.1, 0.15) is 5.82 Å². The summed E-state index contributed by atoms with van der Waals surface area (Å²) in [4.78, 5) is 0. The van der Waals surface area contributed by atoms with Crippen LogP contribution in [0.3, 0.4) is 0 Å². The van der Waals surface area contributed by atoms with Crippen molar-refractivity contribution in [3.63, 3.8) is 0 Å². The first-order valence-corrected chi connectivity index (χ1v) is 6.54. The van der Waals surface area contributed by atoms with Crippen molar-refractivity contribution < 1.29 is 14.2 Å². The van der Waals surface area contributed by atoms with Crippen LogP contribution in [0.4, 0.5) is 4.39 Å². The Hall–Kier alpha value is -0.450. The van der Waals surface area contributed by atoms with E-state index in [1.807, 2.05) is 6.92 Å². The number of aliphatic hydroxyl groups is 1. The Morgan fingerprint density at radius 2 is 2.35 bits per heavy atom. The van der Waals surface area contributed by atoms with Gasteiger partial charge in [-0.15, -0.1) is 0 Å².